The predicted octanol–water partition coefficient (Wildman–Crippen LogP) is 3.76. The summed E-state index contributed by atoms with van der Waals surface area (Å²) in [6, 6.07) is 8.54. The van der Waals surface area contributed by atoms with E-state index in [4.69, 9.17) is 4.74 Å². The van der Waals surface area contributed by atoms with Crippen molar-refractivity contribution in [3.05, 3.63) is 35.4 Å². The Morgan fingerprint density at radius 2 is 1.62 bits per heavy atom. The molecule has 3 heteroatoms. The molecule has 0 aliphatic heterocycles. The van der Waals surface area contributed by atoms with Crippen molar-refractivity contribution < 1.29 is 9.53 Å². The van der Waals surface area contributed by atoms with Gasteiger partial charge in [-0.2, -0.15) is 0 Å². The van der Waals surface area contributed by atoms with E-state index in [-0.39, 0.29) is 16.9 Å². The second-order valence-electron chi connectivity index (χ2n) is 6.84. The van der Waals surface area contributed by atoms with E-state index in [1.807, 2.05) is 0 Å². The average molecular weight is 291 g/mol. The van der Waals surface area contributed by atoms with Crippen molar-refractivity contribution in [3.63, 3.8) is 0 Å². The number of methoxy groups -OCH3 is 1. The molecule has 0 amide bonds. The lowest BCUT2D eigenvalue weighted by Crippen LogP contribution is -2.42. The minimum atomic E-state index is -0.389. The Balaban J connectivity index is 3.05. The number of esters is 1. The molecule has 0 heterocycles. The van der Waals surface area contributed by atoms with Crippen LogP contribution in [0.2, 0.25) is 0 Å². The normalized spacial score (nSPS) is 14.6. The molecule has 0 saturated heterocycles. The number of carbonyl (C=O) groups is 1. The number of carbonyl (C=O) groups excluding carboxylic acids is 1. The van der Waals surface area contributed by atoms with E-state index < -0.39 is 0 Å². The van der Waals surface area contributed by atoms with Crippen LogP contribution in [0.5, 0.6) is 0 Å². The van der Waals surface area contributed by atoms with Gasteiger partial charge in [-0.05, 0) is 36.4 Å². The van der Waals surface area contributed by atoms with Crippen LogP contribution >= 0.6 is 0 Å². The lowest BCUT2D eigenvalue weighted by molar-refractivity contribution is -0.142. The summed E-state index contributed by atoms with van der Waals surface area (Å²) in [6.07, 6.45) is 1.36. The van der Waals surface area contributed by atoms with E-state index in [1.165, 1.54) is 12.7 Å². The monoisotopic (exact) mass is 291 g/mol. The van der Waals surface area contributed by atoms with Crippen LogP contribution in [0.1, 0.15) is 58.6 Å². The first-order valence-electron chi connectivity index (χ1n) is 7.66. The van der Waals surface area contributed by atoms with Gasteiger partial charge in [-0.3, -0.25) is 4.79 Å². The van der Waals surface area contributed by atoms with Crippen molar-refractivity contribution in [1.29, 1.82) is 0 Å². The average Bonchev–Trinajstić information content (AvgIpc) is 2.44. The summed E-state index contributed by atoms with van der Waals surface area (Å²) in [6.45, 7) is 11.6. The standard InChI is InChI=1S/C18H29NO2/c1-7-12-19-18(5,13-16(20)21-6)15-10-8-14(9-11-15)17(2,3)4/h8-11,19H,7,12-13H2,1-6H3. The van der Waals surface area contributed by atoms with Crippen molar-refractivity contribution in [2.75, 3.05) is 13.7 Å². The lowest BCUT2D eigenvalue weighted by Gasteiger charge is -2.31. The third kappa shape index (κ3) is 4.85. The van der Waals surface area contributed by atoms with Gasteiger partial charge >= 0.3 is 5.97 Å². The van der Waals surface area contributed by atoms with Crippen LogP contribution < -0.4 is 5.32 Å². The van der Waals surface area contributed by atoms with E-state index in [2.05, 4.69) is 64.2 Å². The van der Waals surface area contributed by atoms with Crippen LogP contribution in [0.3, 0.4) is 0 Å². The number of benzene rings is 1. The molecular formula is C18H29NO2. The first-order valence-corrected chi connectivity index (χ1v) is 7.66. The van der Waals surface area contributed by atoms with Crippen molar-refractivity contribution in [2.24, 2.45) is 0 Å². The molecule has 0 spiro atoms. The molecule has 0 fully saturated rings. The Morgan fingerprint density at radius 3 is 2.05 bits per heavy atom. The number of nitrogens with one attached hydrogen (secondary N) is 1. The van der Waals surface area contributed by atoms with Gasteiger partial charge in [0.25, 0.3) is 0 Å². The molecule has 1 atom stereocenters. The van der Waals surface area contributed by atoms with Crippen LogP contribution in [0.25, 0.3) is 0 Å². The van der Waals surface area contributed by atoms with Gasteiger partial charge in [-0.25, -0.2) is 0 Å². The molecule has 0 aromatic heterocycles. The molecule has 0 radical (unpaired) electrons. The van der Waals surface area contributed by atoms with Gasteiger partial charge in [-0.15, -0.1) is 0 Å². The molecule has 0 aliphatic carbocycles. The van der Waals surface area contributed by atoms with Crippen molar-refractivity contribution in [3.8, 4) is 0 Å². The fraction of sp³-hybridized carbons (Fsp3) is 0.611. The summed E-state index contributed by atoms with van der Waals surface area (Å²) in [7, 11) is 1.44. The minimum Gasteiger partial charge on any atom is -0.469 e. The zero-order chi connectivity index (χ0) is 16.1. The Morgan fingerprint density at radius 1 is 1.10 bits per heavy atom. The number of ether oxygens (including phenoxy) is 1. The first-order chi connectivity index (χ1) is 9.73. The fourth-order valence-corrected chi connectivity index (χ4v) is 2.37. The highest BCUT2D eigenvalue weighted by atomic mass is 16.5. The molecule has 1 unspecified atom stereocenters. The molecule has 21 heavy (non-hydrogen) atoms. The van der Waals surface area contributed by atoms with Gasteiger partial charge in [0.1, 0.15) is 0 Å². The summed E-state index contributed by atoms with van der Waals surface area (Å²) in [5, 5.41) is 3.48. The third-order valence-electron chi connectivity index (χ3n) is 3.88. The summed E-state index contributed by atoms with van der Waals surface area (Å²) in [4.78, 5) is 11.7. The second-order valence-corrected chi connectivity index (χ2v) is 6.84. The number of rotatable bonds is 6. The van der Waals surface area contributed by atoms with Crippen LogP contribution in [0.4, 0.5) is 0 Å². The van der Waals surface area contributed by atoms with Gasteiger partial charge in [-0.1, -0.05) is 52.0 Å². The summed E-state index contributed by atoms with van der Waals surface area (Å²) < 4.78 is 4.85. The van der Waals surface area contributed by atoms with Gasteiger partial charge in [0.05, 0.1) is 19.1 Å². The second kappa shape index (κ2) is 7.08. The Labute approximate surface area is 129 Å². The molecule has 118 valence electrons. The van der Waals surface area contributed by atoms with Gasteiger partial charge in [0.2, 0.25) is 0 Å². The molecule has 0 saturated carbocycles. The summed E-state index contributed by atoms with van der Waals surface area (Å²) in [5.74, 6) is -0.194. The fourth-order valence-electron chi connectivity index (χ4n) is 2.37. The van der Waals surface area contributed by atoms with Crippen molar-refractivity contribution in [2.45, 2.75) is 58.4 Å². The van der Waals surface area contributed by atoms with Crippen molar-refractivity contribution in [1.82, 2.24) is 5.32 Å². The van der Waals surface area contributed by atoms with Crippen molar-refractivity contribution >= 4 is 5.97 Å². The molecule has 1 rings (SSSR count). The van der Waals surface area contributed by atoms with E-state index in [9.17, 15) is 4.79 Å². The zero-order valence-corrected chi connectivity index (χ0v) is 14.2. The van der Waals surface area contributed by atoms with E-state index >= 15 is 0 Å². The molecular weight excluding hydrogens is 262 g/mol. The first kappa shape index (κ1) is 17.7. The summed E-state index contributed by atoms with van der Waals surface area (Å²) in [5.41, 5.74) is 2.16. The maximum absolute atomic E-state index is 11.7. The van der Waals surface area contributed by atoms with Crippen LogP contribution in [0.15, 0.2) is 24.3 Å². The molecule has 1 N–H and O–H groups in total. The van der Waals surface area contributed by atoms with Crippen LogP contribution in [-0.2, 0) is 20.5 Å². The highest BCUT2D eigenvalue weighted by molar-refractivity contribution is 5.71. The molecule has 1 aromatic rings. The van der Waals surface area contributed by atoms with Gasteiger partial charge in [0, 0.05) is 0 Å². The largest absolute Gasteiger partial charge is 0.469 e. The third-order valence-corrected chi connectivity index (χ3v) is 3.88. The number of hydrogen-bond acceptors (Lipinski definition) is 3. The highest BCUT2D eigenvalue weighted by Gasteiger charge is 2.29. The van der Waals surface area contributed by atoms with E-state index in [0.717, 1.165) is 18.5 Å². The minimum absolute atomic E-state index is 0.133. The SMILES string of the molecule is CCCNC(C)(CC(=O)OC)c1ccc(C(C)(C)C)cc1. The lowest BCUT2D eigenvalue weighted by atomic mass is 9.83. The quantitative estimate of drug-likeness (QED) is 0.811. The Hall–Kier alpha value is -1.35. The molecule has 0 aliphatic rings. The topological polar surface area (TPSA) is 38.3 Å². The maximum Gasteiger partial charge on any atom is 0.307 e. The van der Waals surface area contributed by atoms with Crippen LogP contribution in [0, 0.1) is 0 Å². The van der Waals surface area contributed by atoms with E-state index in [1.54, 1.807) is 0 Å². The molecule has 3 nitrogen and oxygen atoms in total. The van der Waals surface area contributed by atoms with Crippen LogP contribution in [-0.4, -0.2) is 19.6 Å². The predicted molar refractivity (Wildman–Crippen MR) is 87.4 cm³/mol. The molecule has 0 bridgehead atoms. The maximum atomic E-state index is 11.7. The van der Waals surface area contributed by atoms with Gasteiger partial charge in [0.15, 0.2) is 0 Å². The smallest absolute Gasteiger partial charge is 0.307 e. The summed E-state index contributed by atoms with van der Waals surface area (Å²) >= 11 is 0. The highest BCUT2D eigenvalue weighted by Crippen LogP contribution is 2.28. The number of hydrogen-bond donors (Lipinski definition) is 1. The Kier molecular flexibility index (Phi) is 5.97. The van der Waals surface area contributed by atoms with Gasteiger partial charge < -0.3 is 10.1 Å². The molecule has 1 aromatic carbocycles. The Bertz CT molecular complexity index is 459. The zero-order valence-electron chi connectivity index (χ0n) is 14.2. The van der Waals surface area contributed by atoms with E-state index in [0.29, 0.717) is 6.42 Å².